The van der Waals surface area contributed by atoms with Crippen molar-refractivity contribution in [2.45, 2.75) is 6.92 Å². The summed E-state index contributed by atoms with van der Waals surface area (Å²) in [5, 5.41) is 3.20. The Morgan fingerprint density at radius 2 is 1.96 bits per heavy atom. The van der Waals surface area contributed by atoms with Crippen LogP contribution in [-0.4, -0.2) is 29.0 Å². The lowest BCUT2D eigenvalue weighted by molar-refractivity contribution is 0.102. The number of hydrogen-bond acceptors (Lipinski definition) is 6. The molecule has 0 saturated heterocycles. The first-order chi connectivity index (χ1) is 12.2. The van der Waals surface area contributed by atoms with Crippen LogP contribution in [0.2, 0.25) is 0 Å². The molecule has 0 spiro atoms. The minimum Gasteiger partial charge on any atom is -0.497 e. The molecule has 0 saturated carbocycles. The van der Waals surface area contributed by atoms with Crippen LogP contribution in [0.3, 0.4) is 0 Å². The number of benzene rings is 2. The summed E-state index contributed by atoms with van der Waals surface area (Å²) in [4.78, 5) is 16.7. The van der Waals surface area contributed by atoms with E-state index in [2.05, 4.69) is 14.7 Å². The van der Waals surface area contributed by atoms with Crippen LogP contribution in [0.1, 0.15) is 17.3 Å². The number of rotatable bonds is 6. The Morgan fingerprint density at radius 3 is 2.68 bits per heavy atom. The Bertz CT molecular complexity index is 862. The van der Waals surface area contributed by atoms with Crippen LogP contribution in [-0.2, 0) is 0 Å². The van der Waals surface area contributed by atoms with Gasteiger partial charge in [-0.15, -0.1) is 0 Å². The molecule has 1 N–H and O–H groups in total. The molecule has 7 heteroatoms. The number of nitrogens with one attached hydrogen (secondary N) is 1. The van der Waals surface area contributed by atoms with Crippen molar-refractivity contribution in [2.75, 3.05) is 19.0 Å². The zero-order valence-electron chi connectivity index (χ0n) is 13.9. The van der Waals surface area contributed by atoms with Gasteiger partial charge >= 0.3 is 0 Å². The van der Waals surface area contributed by atoms with Crippen LogP contribution < -0.4 is 14.8 Å². The second-order valence-electron chi connectivity index (χ2n) is 5.07. The highest BCUT2D eigenvalue weighted by Gasteiger charge is 2.12. The Balaban J connectivity index is 1.71. The lowest BCUT2D eigenvalue weighted by Gasteiger charge is -2.04. The predicted molar refractivity (Wildman–Crippen MR) is 97.5 cm³/mol. The van der Waals surface area contributed by atoms with E-state index in [0.717, 1.165) is 28.6 Å². The molecule has 0 bridgehead atoms. The number of hydrogen-bond donors (Lipinski definition) is 1. The highest BCUT2D eigenvalue weighted by Crippen LogP contribution is 2.24. The summed E-state index contributed by atoms with van der Waals surface area (Å²) in [6.07, 6.45) is 0. The van der Waals surface area contributed by atoms with E-state index in [-0.39, 0.29) is 5.91 Å². The second-order valence-corrected chi connectivity index (χ2v) is 5.82. The van der Waals surface area contributed by atoms with Gasteiger partial charge in [-0.05, 0) is 43.3 Å². The molecule has 1 heterocycles. The van der Waals surface area contributed by atoms with Crippen molar-refractivity contribution in [1.29, 1.82) is 0 Å². The largest absolute Gasteiger partial charge is 0.497 e. The van der Waals surface area contributed by atoms with Gasteiger partial charge in [0.2, 0.25) is 5.13 Å². The van der Waals surface area contributed by atoms with Crippen molar-refractivity contribution >= 4 is 22.6 Å². The normalized spacial score (nSPS) is 10.3. The molecule has 128 valence electrons. The summed E-state index contributed by atoms with van der Waals surface area (Å²) in [7, 11) is 1.61. The first-order valence-corrected chi connectivity index (χ1v) is 8.49. The number of carbonyl (C=O) groups is 1. The minimum atomic E-state index is -0.239. The maximum Gasteiger partial charge on any atom is 0.257 e. The molecule has 3 aromatic rings. The van der Waals surface area contributed by atoms with Crippen LogP contribution in [0.15, 0.2) is 48.5 Å². The van der Waals surface area contributed by atoms with E-state index in [1.807, 2.05) is 31.2 Å². The van der Waals surface area contributed by atoms with E-state index < -0.39 is 0 Å². The fraction of sp³-hybridized carbons (Fsp3) is 0.167. The van der Waals surface area contributed by atoms with E-state index in [0.29, 0.717) is 23.1 Å². The molecule has 0 aliphatic carbocycles. The van der Waals surface area contributed by atoms with Crippen molar-refractivity contribution in [3.63, 3.8) is 0 Å². The molecule has 0 aliphatic rings. The molecular weight excluding hydrogens is 338 g/mol. The number of methoxy groups -OCH3 is 1. The Hall–Kier alpha value is -2.93. The van der Waals surface area contributed by atoms with Crippen LogP contribution in [0.5, 0.6) is 11.5 Å². The zero-order valence-corrected chi connectivity index (χ0v) is 14.7. The highest BCUT2D eigenvalue weighted by atomic mass is 32.1. The third kappa shape index (κ3) is 4.13. The Kier molecular flexibility index (Phi) is 5.25. The molecule has 2 aromatic carbocycles. The maximum absolute atomic E-state index is 12.3. The van der Waals surface area contributed by atoms with Gasteiger partial charge in [0, 0.05) is 22.7 Å². The number of nitrogens with zero attached hydrogens (tertiary/aromatic N) is 2. The maximum atomic E-state index is 12.3. The summed E-state index contributed by atoms with van der Waals surface area (Å²) in [6, 6.07) is 14.4. The highest BCUT2D eigenvalue weighted by molar-refractivity contribution is 7.10. The smallest absolute Gasteiger partial charge is 0.257 e. The number of anilines is 1. The summed E-state index contributed by atoms with van der Waals surface area (Å²) in [5.74, 6) is 1.77. The van der Waals surface area contributed by atoms with Crippen molar-refractivity contribution in [1.82, 2.24) is 9.36 Å². The van der Waals surface area contributed by atoms with Gasteiger partial charge in [0.05, 0.1) is 13.7 Å². The van der Waals surface area contributed by atoms with Crippen molar-refractivity contribution < 1.29 is 14.3 Å². The summed E-state index contributed by atoms with van der Waals surface area (Å²) >= 11 is 1.13. The summed E-state index contributed by atoms with van der Waals surface area (Å²) < 4.78 is 14.9. The van der Waals surface area contributed by atoms with Crippen molar-refractivity contribution in [3.05, 3.63) is 54.1 Å². The molecule has 1 amide bonds. The Morgan fingerprint density at radius 1 is 1.16 bits per heavy atom. The quantitative estimate of drug-likeness (QED) is 0.727. The van der Waals surface area contributed by atoms with E-state index in [4.69, 9.17) is 9.47 Å². The molecule has 0 unspecified atom stereocenters. The van der Waals surface area contributed by atoms with Gasteiger partial charge in [0.1, 0.15) is 11.5 Å². The second kappa shape index (κ2) is 7.76. The van der Waals surface area contributed by atoms with Crippen LogP contribution >= 0.6 is 11.5 Å². The van der Waals surface area contributed by atoms with Gasteiger partial charge in [0.25, 0.3) is 5.91 Å². The fourth-order valence-electron chi connectivity index (χ4n) is 2.19. The van der Waals surface area contributed by atoms with E-state index in [1.165, 1.54) is 0 Å². The topological polar surface area (TPSA) is 73.3 Å². The van der Waals surface area contributed by atoms with E-state index >= 15 is 0 Å². The number of amides is 1. The van der Waals surface area contributed by atoms with E-state index in [9.17, 15) is 4.79 Å². The average molecular weight is 355 g/mol. The van der Waals surface area contributed by atoms with Crippen LogP contribution in [0, 0.1) is 0 Å². The van der Waals surface area contributed by atoms with Crippen LogP contribution in [0.4, 0.5) is 5.13 Å². The predicted octanol–water partition coefficient (Wildman–Crippen LogP) is 3.86. The lowest BCUT2D eigenvalue weighted by Crippen LogP contribution is -2.11. The van der Waals surface area contributed by atoms with Crippen molar-refractivity contribution in [3.8, 4) is 22.9 Å². The monoisotopic (exact) mass is 355 g/mol. The molecule has 25 heavy (non-hydrogen) atoms. The van der Waals surface area contributed by atoms with Crippen LogP contribution in [0.25, 0.3) is 11.4 Å². The Labute approximate surface area is 149 Å². The first-order valence-electron chi connectivity index (χ1n) is 7.72. The first kappa shape index (κ1) is 16.9. The molecule has 1 aromatic heterocycles. The molecule has 6 nitrogen and oxygen atoms in total. The van der Waals surface area contributed by atoms with Gasteiger partial charge in [0.15, 0.2) is 5.82 Å². The number of ether oxygens (including phenoxy) is 2. The molecule has 3 rings (SSSR count). The van der Waals surface area contributed by atoms with Gasteiger partial charge in [-0.25, -0.2) is 0 Å². The standard InChI is InChI=1S/C18H17N3O3S/c1-3-24-14-9-7-12(8-10-14)17(22)20-18-19-16(21-25-18)13-5-4-6-15(11-13)23-2/h4-11H,3H2,1-2H3,(H,19,20,21,22). The zero-order chi connectivity index (χ0) is 17.6. The molecular formula is C18H17N3O3S. The summed E-state index contributed by atoms with van der Waals surface area (Å²) in [5.41, 5.74) is 1.36. The number of aromatic nitrogens is 2. The number of carbonyl (C=O) groups excluding carboxylic acids is 1. The van der Waals surface area contributed by atoms with Crippen molar-refractivity contribution in [2.24, 2.45) is 0 Å². The van der Waals surface area contributed by atoms with Gasteiger partial charge in [-0.3, -0.25) is 10.1 Å². The molecule has 0 fully saturated rings. The average Bonchev–Trinajstić information content (AvgIpc) is 3.11. The van der Waals surface area contributed by atoms with Gasteiger partial charge in [-0.1, -0.05) is 12.1 Å². The molecule has 0 atom stereocenters. The molecule has 0 aliphatic heterocycles. The summed E-state index contributed by atoms with van der Waals surface area (Å²) in [6.45, 7) is 2.50. The van der Waals surface area contributed by atoms with Gasteiger partial charge in [-0.2, -0.15) is 9.36 Å². The SMILES string of the molecule is CCOc1ccc(C(=O)Nc2nc(-c3cccc(OC)c3)ns2)cc1. The third-order valence-corrected chi connectivity index (χ3v) is 4.03. The lowest BCUT2D eigenvalue weighted by atomic mass is 10.2. The fourth-order valence-corrected chi connectivity index (χ4v) is 2.78. The minimum absolute atomic E-state index is 0.239. The van der Waals surface area contributed by atoms with Gasteiger partial charge < -0.3 is 9.47 Å². The van der Waals surface area contributed by atoms with E-state index in [1.54, 1.807) is 31.4 Å². The molecule has 0 radical (unpaired) electrons. The third-order valence-electron chi connectivity index (χ3n) is 3.40.